The maximum atomic E-state index is 9.53. The standard InChI is InChI=1S/CH3O6P.Li.H/c2-1(3)7-8(4,5)6;;/h(H,2,3)(H2,4,5,6);;. The second-order valence-corrected chi connectivity index (χ2v) is 2.01. The fourth-order valence-corrected chi connectivity index (χ4v) is 0.305. The third-order valence-corrected chi connectivity index (χ3v) is 0.591. The zero-order valence-corrected chi connectivity index (χ0v) is 4.41. The molecule has 0 aliphatic rings. The first-order chi connectivity index (χ1) is 3.42. The van der Waals surface area contributed by atoms with E-state index < -0.39 is 14.0 Å². The molecule has 0 heterocycles. The summed E-state index contributed by atoms with van der Waals surface area (Å²) in [6, 6.07) is 0. The summed E-state index contributed by atoms with van der Waals surface area (Å²) in [5.41, 5.74) is 0. The molecule has 3 N–H and O–H groups in total. The van der Waals surface area contributed by atoms with Gasteiger partial charge in [-0.1, -0.05) is 0 Å². The zero-order chi connectivity index (χ0) is 6.78. The van der Waals surface area contributed by atoms with Gasteiger partial charge in [0.25, 0.3) is 0 Å². The van der Waals surface area contributed by atoms with Crippen LogP contribution in [-0.2, 0) is 9.09 Å². The van der Waals surface area contributed by atoms with Gasteiger partial charge in [0, 0.05) is 0 Å². The topological polar surface area (TPSA) is 104 Å². The van der Waals surface area contributed by atoms with Crippen LogP contribution in [-0.4, -0.2) is 39.9 Å². The Kier molecular flexibility index (Phi) is 5.15. The van der Waals surface area contributed by atoms with E-state index in [1.807, 2.05) is 0 Å². The first-order valence-electron chi connectivity index (χ1n) is 1.40. The molecule has 0 aromatic carbocycles. The van der Waals surface area contributed by atoms with Crippen molar-refractivity contribution in [3.8, 4) is 0 Å². The Morgan fingerprint density at radius 3 is 1.78 bits per heavy atom. The van der Waals surface area contributed by atoms with Gasteiger partial charge in [-0.2, -0.15) is 0 Å². The second-order valence-electron chi connectivity index (χ2n) is 0.848. The van der Waals surface area contributed by atoms with Gasteiger partial charge in [0.1, 0.15) is 0 Å². The first-order valence-corrected chi connectivity index (χ1v) is 2.93. The van der Waals surface area contributed by atoms with E-state index in [9.17, 15) is 9.36 Å². The number of hydrogen-bond acceptors (Lipinski definition) is 3. The molecule has 9 heavy (non-hydrogen) atoms. The molecule has 0 unspecified atom stereocenters. The summed E-state index contributed by atoms with van der Waals surface area (Å²) >= 11 is 0. The number of carboxylic acid groups (broad SMARTS) is 1. The van der Waals surface area contributed by atoms with Crippen molar-refractivity contribution in [1.82, 2.24) is 0 Å². The van der Waals surface area contributed by atoms with Crippen molar-refractivity contribution in [1.29, 1.82) is 0 Å². The van der Waals surface area contributed by atoms with E-state index in [-0.39, 0.29) is 18.9 Å². The van der Waals surface area contributed by atoms with E-state index >= 15 is 0 Å². The molecule has 0 spiro atoms. The van der Waals surface area contributed by atoms with Crippen molar-refractivity contribution >= 4 is 32.8 Å². The number of phosphoric acid groups is 1. The number of rotatable bonds is 1. The number of carbonyl (C=O) groups is 1. The van der Waals surface area contributed by atoms with Crippen LogP contribution in [0.4, 0.5) is 4.79 Å². The Labute approximate surface area is 62.2 Å². The van der Waals surface area contributed by atoms with Gasteiger partial charge in [-0.25, -0.2) is 9.36 Å². The molecule has 0 aromatic heterocycles. The van der Waals surface area contributed by atoms with Crippen LogP contribution >= 0.6 is 7.82 Å². The van der Waals surface area contributed by atoms with Crippen LogP contribution in [0.2, 0.25) is 0 Å². The molecule has 0 saturated carbocycles. The number of hydrogen-bond donors (Lipinski definition) is 3. The predicted molar refractivity (Wildman–Crippen MR) is 28.3 cm³/mol. The maximum absolute atomic E-state index is 9.53. The molecule has 0 aliphatic carbocycles. The fraction of sp³-hybridized carbons (Fsp3) is 0. The normalized spacial score (nSPS) is 9.56. The van der Waals surface area contributed by atoms with Crippen molar-refractivity contribution < 1.29 is 28.8 Å². The van der Waals surface area contributed by atoms with Gasteiger partial charge in [0.05, 0.1) is 0 Å². The summed E-state index contributed by atoms with van der Waals surface area (Å²) in [4.78, 5) is 24.7. The van der Waals surface area contributed by atoms with Crippen LogP contribution in [0.3, 0.4) is 0 Å². The summed E-state index contributed by atoms with van der Waals surface area (Å²) < 4.78 is 12.6. The van der Waals surface area contributed by atoms with Crippen molar-refractivity contribution in [2.24, 2.45) is 0 Å². The predicted octanol–water partition coefficient (Wildman–Crippen LogP) is -0.875. The van der Waals surface area contributed by atoms with E-state index in [1.54, 1.807) is 0 Å². The van der Waals surface area contributed by atoms with Gasteiger partial charge in [0.2, 0.25) is 0 Å². The van der Waals surface area contributed by atoms with Crippen molar-refractivity contribution in [3.05, 3.63) is 0 Å². The summed E-state index contributed by atoms with van der Waals surface area (Å²) in [5, 5.41) is 7.53. The average molecular weight is 150 g/mol. The average Bonchev–Trinajstić information content (AvgIpc) is 1.21. The van der Waals surface area contributed by atoms with Gasteiger partial charge in [0.15, 0.2) is 0 Å². The minimum atomic E-state index is -4.82. The summed E-state index contributed by atoms with van der Waals surface area (Å²) in [6.07, 6.45) is -1.99. The van der Waals surface area contributed by atoms with Crippen LogP contribution in [0.1, 0.15) is 0 Å². The molecule has 0 aliphatic heterocycles. The Balaban J connectivity index is 0. The third kappa shape index (κ3) is 11.5. The zero-order valence-electron chi connectivity index (χ0n) is 3.51. The van der Waals surface area contributed by atoms with Gasteiger partial charge in [-0.3, -0.25) is 9.79 Å². The molecular weight excluding hydrogens is 146 g/mol. The van der Waals surface area contributed by atoms with Crippen LogP contribution in [0.15, 0.2) is 0 Å². The Morgan fingerprint density at radius 2 is 1.78 bits per heavy atom. The Hall–Kier alpha value is 0.0174. The number of phosphoric ester groups is 1. The summed E-state index contributed by atoms with van der Waals surface area (Å²) in [7, 11) is -4.82. The van der Waals surface area contributed by atoms with Crippen LogP contribution in [0.5, 0.6) is 0 Å². The van der Waals surface area contributed by atoms with E-state index in [0.29, 0.717) is 0 Å². The Morgan fingerprint density at radius 1 is 1.44 bits per heavy atom. The van der Waals surface area contributed by atoms with E-state index in [4.69, 9.17) is 14.9 Å². The molecule has 0 saturated heterocycles. The monoisotopic (exact) mass is 150 g/mol. The van der Waals surface area contributed by atoms with Gasteiger partial charge >= 0.3 is 32.8 Å². The van der Waals surface area contributed by atoms with Crippen molar-refractivity contribution in [2.75, 3.05) is 0 Å². The van der Waals surface area contributed by atoms with Crippen molar-refractivity contribution in [2.45, 2.75) is 0 Å². The SMILES string of the molecule is O=C(O)OP(=O)(O)O.[LiH]. The molecule has 0 atom stereocenters. The molecule has 8 heteroatoms. The first kappa shape index (κ1) is 11.8. The molecule has 0 aromatic rings. The molecule has 0 radical (unpaired) electrons. The minimum absolute atomic E-state index is 0. The van der Waals surface area contributed by atoms with Gasteiger partial charge < -0.3 is 9.63 Å². The van der Waals surface area contributed by atoms with Crippen LogP contribution in [0.25, 0.3) is 0 Å². The molecule has 50 valence electrons. The molecule has 0 fully saturated rings. The van der Waals surface area contributed by atoms with Gasteiger partial charge in [-0.15, -0.1) is 0 Å². The van der Waals surface area contributed by atoms with Gasteiger partial charge in [-0.05, 0) is 0 Å². The van der Waals surface area contributed by atoms with E-state index in [2.05, 4.69) is 4.52 Å². The fourth-order valence-electron chi connectivity index (χ4n) is 0.102. The Bertz CT molecular complexity index is 136. The summed E-state index contributed by atoms with van der Waals surface area (Å²) in [5.74, 6) is 0. The molecule has 0 rings (SSSR count). The molecule has 0 bridgehead atoms. The van der Waals surface area contributed by atoms with E-state index in [0.717, 1.165) is 0 Å². The van der Waals surface area contributed by atoms with E-state index in [1.165, 1.54) is 0 Å². The molecule has 6 nitrogen and oxygen atoms in total. The van der Waals surface area contributed by atoms with Crippen molar-refractivity contribution in [3.63, 3.8) is 0 Å². The van der Waals surface area contributed by atoms with Crippen LogP contribution in [0, 0.1) is 0 Å². The molecule has 0 amide bonds. The van der Waals surface area contributed by atoms with Crippen LogP contribution < -0.4 is 0 Å². The second kappa shape index (κ2) is 3.93. The molecular formula is CH4LiO6P. The third-order valence-electron chi connectivity index (χ3n) is 0.197. The quantitative estimate of drug-likeness (QED) is 0.331. The summed E-state index contributed by atoms with van der Waals surface area (Å²) in [6.45, 7) is 0.